The SMILES string of the molecule is O=C(O)CCCN1CCC(NC(=O)OCc2ccccc2)CC1. The molecule has 1 aliphatic rings. The van der Waals surface area contributed by atoms with Crippen molar-refractivity contribution < 1.29 is 19.4 Å². The van der Waals surface area contributed by atoms with Crippen LogP contribution < -0.4 is 5.32 Å². The lowest BCUT2D eigenvalue weighted by Crippen LogP contribution is -2.45. The van der Waals surface area contributed by atoms with Gasteiger partial charge in [0.2, 0.25) is 0 Å². The van der Waals surface area contributed by atoms with Crippen LogP contribution in [0.5, 0.6) is 0 Å². The number of carboxylic acids is 1. The van der Waals surface area contributed by atoms with E-state index in [9.17, 15) is 9.59 Å². The number of likely N-dealkylation sites (tertiary alicyclic amines) is 1. The lowest BCUT2D eigenvalue weighted by atomic mass is 10.1. The van der Waals surface area contributed by atoms with E-state index >= 15 is 0 Å². The number of piperidine rings is 1. The highest BCUT2D eigenvalue weighted by atomic mass is 16.5. The Bertz CT molecular complexity index is 499. The first-order chi connectivity index (χ1) is 11.1. The van der Waals surface area contributed by atoms with Gasteiger partial charge in [-0.3, -0.25) is 4.79 Å². The molecular formula is C17H24N2O4. The van der Waals surface area contributed by atoms with Crippen molar-refractivity contribution in [2.75, 3.05) is 19.6 Å². The van der Waals surface area contributed by atoms with E-state index in [0.717, 1.165) is 38.0 Å². The van der Waals surface area contributed by atoms with Crippen LogP contribution >= 0.6 is 0 Å². The number of carbonyl (C=O) groups is 2. The number of aliphatic carboxylic acids is 1. The minimum Gasteiger partial charge on any atom is -0.481 e. The van der Waals surface area contributed by atoms with Crippen molar-refractivity contribution in [3.8, 4) is 0 Å². The Morgan fingerprint density at radius 2 is 1.91 bits per heavy atom. The molecule has 0 radical (unpaired) electrons. The zero-order chi connectivity index (χ0) is 16.5. The smallest absolute Gasteiger partial charge is 0.407 e. The van der Waals surface area contributed by atoms with Gasteiger partial charge in [0, 0.05) is 25.6 Å². The predicted octanol–water partition coefficient (Wildman–Crippen LogP) is 2.24. The number of alkyl carbamates (subject to hydrolysis) is 1. The molecule has 1 fully saturated rings. The van der Waals surface area contributed by atoms with E-state index in [0.29, 0.717) is 6.42 Å². The number of carbonyl (C=O) groups excluding carboxylic acids is 1. The fourth-order valence-electron chi connectivity index (χ4n) is 2.69. The Hall–Kier alpha value is -2.08. The van der Waals surface area contributed by atoms with Gasteiger partial charge in [0.05, 0.1) is 0 Å². The van der Waals surface area contributed by atoms with Crippen LogP contribution in [0.2, 0.25) is 0 Å². The quantitative estimate of drug-likeness (QED) is 0.805. The number of carboxylic acid groups (broad SMARTS) is 1. The number of hydrogen-bond acceptors (Lipinski definition) is 4. The van der Waals surface area contributed by atoms with Crippen LogP contribution in [0.3, 0.4) is 0 Å². The molecule has 2 rings (SSSR count). The Morgan fingerprint density at radius 1 is 1.22 bits per heavy atom. The second-order valence-corrected chi connectivity index (χ2v) is 5.82. The Balaban J connectivity index is 1.60. The molecule has 126 valence electrons. The predicted molar refractivity (Wildman–Crippen MR) is 86.1 cm³/mol. The number of nitrogens with one attached hydrogen (secondary N) is 1. The number of nitrogens with zero attached hydrogens (tertiary/aromatic N) is 1. The van der Waals surface area contributed by atoms with Crippen LogP contribution in [0.4, 0.5) is 4.79 Å². The summed E-state index contributed by atoms with van der Waals surface area (Å²) in [4.78, 5) is 24.5. The Kier molecular flexibility index (Phi) is 6.87. The molecule has 0 aromatic heterocycles. The number of ether oxygens (including phenoxy) is 1. The summed E-state index contributed by atoms with van der Waals surface area (Å²) in [7, 11) is 0. The van der Waals surface area contributed by atoms with E-state index < -0.39 is 5.97 Å². The molecule has 6 nitrogen and oxygen atoms in total. The first-order valence-electron chi connectivity index (χ1n) is 8.05. The summed E-state index contributed by atoms with van der Waals surface area (Å²) in [6, 6.07) is 9.72. The van der Waals surface area contributed by atoms with E-state index in [2.05, 4.69) is 10.2 Å². The summed E-state index contributed by atoms with van der Waals surface area (Å²) in [6.45, 7) is 2.84. The van der Waals surface area contributed by atoms with Crippen LogP contribution in [0.15, 0.2) is 30.3 Å². The van der Waals surface area contributed by atoms with Crippen molar-refractivity contribution in [1.29, 1.82) is 0 Å². The molecule has 1 saturated heterocycles. The van der Waals surface area contributed by atoms with Crippen LogP contribution in [0.1, 0.15) is 31.2 Å². The summed E-state index contributed by atoms with van der Waals surface area (Å²) in [5.41, 5.74) is 0.968. The number of hydrogen-bond donors (Lipinski definition) is 2. The zero-order valence-corrected chi connectivity index (χ0v) is 13.2. The molecule has 1 aromatic rings. The molecule has 1 aliphatic heterocycles. The molecule has 1 heterocycles. The third-order valence-corrected chi connectivity index (χ3v) is 3.99. The fourth-order valence-corrected chi connectivity index (χ4v) is 2.69. The molecule has 1 amide bonds. The average molecular weight is 320 g/mol. The highest BCUT2D eigenvalue weighted by Gasteiger charge is 2.21. The van der Waals surface area contributed by atoms with Crippen molar-refractivity contribution in [2.24, 2.45) is 0 Å². The van der Waals surface area contributed by atoms with Crippen LogP contribution in [0, 0.1) is 0 Å². The van der Waals surface area contributed by atoms with Crippen LogP contribution in [-0.2, 0) is 16.1 Å². The normalized spacial score (nSPS) is 16.0. The Morgan fingerprint density at radius 3 is 2.57 bits per heavy atom. The van der Waals surface area contributed by atoms with E-state index in [-0.39, 0.29) is 25.2 Å². The van der Waals surface area contributed by atoms with Gasteiger partial charge in [-0.25, -0.2) is 4.79 Å². The van der Waals surface area contributed by atoms with Crippen LogP contribution in [0.25, 0.3) is 0 Å². The molecule has 23 heavy (non-hydrogen) atoms. The van der Waals surface area contributed by atoms with Gasteiger partial charge in [-0.05, 0) is 31.4 Å². The Labute approximate surface area is 136 Å². The maximum atomic E-state index is 11.8. The third kappa shape index (κ3) is 6.69. The second kappa shape index (κ2) is 9.15. The topological polar surface area (TPSA) is 78.9 Å². The van der Waals surface area contributed by atoms with Gasteiger partial charge < -0.3 is 20.1 Å². The van der Waals surface area contributed by atoms with Gasteiger partial charge in [-0.15, -0.1) is 0 Å². The largest absolute Gasteiger partial charge is 0.481 e. The summed E-state index contributed by atoms with van der Waals surface area (Å²) in [5.74, 6) is -0.747. The van der Waals surface area contributed by atoms with Gasteiger partial charge in [0.25, 0.3) is 0 Å². The lowest BCUT2D eigenvalue weighted by Gasteiger charge is -2.31. The molecular weight excluding hydrogens is 296 g/mol. The lowest BCUT2D eigenvalue weighted by molar-refractivity contribution is -0.137. The maximum absolute atomic E-state index is 11.8. The minimum absolute atomic E-state index is 0.133. The summed E-state index contributed by atoms with van der Waals surface area (Å²) < 4.78 is 5.22. The molecule has 1 aromatic carbocycles. The van der Waals surface area contributed by atoms with Gasteiger partial charge in [-0.1, -0.05) is 30.3 Å². The number of amides is 1. The zero-order valence-electron chi connectivity index (χ0n) is 13.2. The maximum Gasteiger partial charge on any atom is 0.407 e. The monoisotopic (exact) mass is 320 g/mol. The van der Waals surface area contributed by atoms with Crippen molar-refractivity contribution in [2.45, 2.75) is 38.3 Å². The van der Waals surface area contributed by atoms with E-state index in [1.54, 1.807) is 0 Å². The molecule has 2 N–H and O–H groups in total. The molecule has 0 saturated carbocycles. The molecule has 6 heteroatoms. The first kappa shape index (κ1) is 17.3. The third-order valence-electron chi connectivity index (χ3n) is 3.99. The number of benzene rings is 1. The van der Waals surface area contributed by atoms with Crippen molar-refractivity contribution >= 4 is 12.1 Å². The van der Waals surface area contributed by atoms with E-state index in [1.807, 2.05) is 30.3 Å². The van der Waals surface area contributed by atoms with Gasteiger partial charge in [-0.2, -0.15) is 0 Å². The van der Waals surface area contributed by atoms with Crippen molar-refractivity contribution in [3.05, 3.63) is 35.9 Å². The molecule has 0 unspecified atom stereocenters. The van der Waals surface area contributed by atoms with Gasteiger partial charge in [0.15, 0.2) is 0 Å². The molecule has 0 bridgehead atoms. The molecule has 0 atom stereocenters. The number of rotatable bonds is 7. The van der Waals surface area contributed by atoms with E-state index in [1.165, 1.54) is 0 Å². The summed E-state index contributed by atoms with van der Waals surface area (Å²) in [5, 5.41) is 11.5. The summed E-state index contributed by atoms with van der Waals surface area (Å²) in [6.07, 6.45) is 2.25. The van der Waals surface area contributed by atoms with Crippen molar-refractivity contribution in [3.63, 3.8) is 0 Å². The standard InChI is InChI=1S/C17H24N2O4/c20-16(21)7-4-10-19-11-8-15(9-12-19)18-17(22)23-13-14-5-2-1-3-6-14/h1-3,5-6,15H,4,7-13H2,(H,18,22)(H,20,21). The second-order valence-electron chi connectivity index (χ2n) is 5.82. The van der Waals surface area contributed by atoms with Crippen LogP contribution in [-0.4, -0.2) is 47.7 Å². The molecule has 0 aliphatic carbocycles. The fraction of sp³-hybridized carbons (Fsp3) is 0.529. The first-order valence-corrected chi connectivity index (χ1v) is 8.05. The van der Waals surface area contributed by atoms with Gasteiger partial charge >= 0.3 is 12.1 Å². The van der Waals surface area contributed by atoms with Gasteiger partial charge in [0.1, 0.15) is 6.61 Å². The summed E-state index contributed by atoms with van der Waals surface area (Å²) >= 11 is 0. The highest BCUT2D eigenvalue weighted by Crippen LogP contribution is 2.11. The average Bonchev–Trinajstić information content (AvgIpc) is 2.55. The minimum atomic E-state index is -0.747. The molecule has 0 spiro atoms. The van der Waals surface area contributed by atoms with Crippen molar-refractivity contribution in [1.82, 2.24) is 10.2 Å². The van der Waals surface area contributed by atoms with E-state index in [4.69, 9.17) is 9.84 Å². The highest BCUT2D eigenvalue weighted by molar-refractivity contribution is 5.67.